The van der Waals surface area contributed by atoms with Gasteiger partial charge in [-0.15, -0.1) is 0 Å². The van der Waals surface area contributed by atoms with Crippen molar-refractivity contribution in [2.24, 2.45) is 0 Å². The molecule has 2 aromatic rings. The third-order valence-corrected chi connectivity index (χ3v) is 5.09. The first-order valence-electron chi connectivity index (χ1n) is 5.16. The zero-order valence-corrected chi connectivity index (χ0v) is 15.1. The van der Waals surface area contributed by atoms with Crippen LogP contribution in [0, 0.1) is 0 Å². The van der Waals surface area contributed by atoms with Gasteiger partial charge in [-0.25, -0.2) is 0 Å². The Morgan fingerprint density at radius 3 is 1.58 bits per heavy atom. The van der Waals surface area contributed by atoms with Gasteiger partial charge in [0.25, 0.3) is 0 Å². The monoisotopic (exact) mass is 440 g/mol. The average Bonchev–Trinajstić information content (AvgIpc) is 2.35. The Balaban J connectivity index is 2.18. The summed E-state index contributed by atoms with van der Waals surface area (Å²) in [5, 5.41) is 0. The van der Waals surface area contributed by atoms with E-state index in [1.807, 2.05) is 36.4 Å². The van der Waals surface area contributed by atoms with Crippen LogP contribution in [0.1, 0.15) is 0 Å². The molecule has 2 nitrogen and oxygen atoms in total. The predicted molar refractivity (Wildman–Crippen MR) is 89.7 cm³/mol. The van der Waals surface area contributed by atoms with Crippen LogP contribution in [0.3, 0.4) is 0 Å². The van der Waals surface area contributed by atoms with Crippen LogP contribution in [0.25, 0.3) is 0 Å². The maximum absolute atomic E-state index is 6.19. The Morgan fingerprint density at radius 1 is 0.842 bits per heavy atom. The highest BCUT2D eigenvalue weighted by Gasteiger charge is 2.21. The van der Waals surface area contributed by atoms with E-state index in [2.05, 4.69) is 31.9 Å². The molecule has 2 aromatic carbocycles. The first-order chi connectivity index (χ1) is 8.98. The van der Waals surface area contributed by atoms with Crippen molar-refractivity contribution in [3.8, 4) is 11.5 Å². The Labute approximate surface area is 138 Å². The predicted octanol–water partition coefficient (Wildman–Crippen LogP) is 6.13. The van der Waals surface area contributed by atoms with Crippen LogP contribution < -0.4 is 9.05 Å². The maximum atomic E-state index is 6.19. The highest BCUT2D eigenvalue weighted by Crippen LogP contribution is 2.55. The van der Waals surface area contributed by atoms with Crippen LogP contribution in [-0.2, 0) is 11.8 Å². The smallest absolute Gasteiger partial charge is 0.384 e. The summed E-state index contributed by atoms with van der Waals surface area (Å²) in [5.41, 5.74) is 0. The van der Waals surface area contributed by atoms with E-state index >= 15 is 0 Å². The van der Waals surface area contributed by atoms with Gasteiger partial charge in [0, 0.05) is 11.8 Å². The molecule has 0 unspecified atom stereocenters. The van der Waals surface area contributed by atoms with Crippen molar-refractivity contribution in [2.75, 3.05) is 0 Å². The fourth-order valence-electron chi connectivity index (χ4n) is 1.29. The van der Waals surface area contributed by atoms with Crippen molar-refractivity contribution in [2.45, 2.75) is 0 Å². The highest BCUT2D eigenvalue weighted by atomic mass is 79.9. The molecule has 0 radical (unpaired) electrons. The lowest BCUT2D eigenvalue weighted by atomic mass is 10.3. The zero-order chi connectivity index (χ0) is 13.9. The van der Waals surface area contributed by atoms with E-state index in [4.69, 9.17) is 32.1 Å². The van der Waals surface area contributed by atoms with Crippen molar-refractivity contribution < 1.29 is 9.05 Å². The SMILES string of the molecule is S=P(Cl)(Oc1ccccc1Br)Oc1ccccc1Br. The molecule has 0 saturated carbocycles. The maximum Gasteiger partial charge on any atom is 0.384 e. The zero-order valence-electron chi connectivity index (χ0n) is 9.42. The minimum absolute atomic E-state index is 0.563. The van der Waals surface area contributed by atoms with Crippen LogP contribution in [0.5, 0.6) is 11.5 Å². The molecule has 100 valence electrons. The summed E-state index contributed by atoms with van der Waals surface area (Å²) >= 11 is 18.1. The number of hydrogen-bond acceptors (Lipinski definition) is 3. The van der Waals surface area contributed by atoms with E-state index in [-0.39, 0.29) is 0 Å². The van der Waals surface area contributed by atoms with Gasteiger partial charge in [-0.3, -0.25) is 0 Å². The molecule has 0 atom stereocenters. The van der Waals surface area contributed by atoms with Crippen molar-refractivity contribution in [1.29, 1.82) is 0 Å². The van der Waals surface area contributed by atoms with Crippen LogP contribution in [-0.4, -0.2) is 0 Å². The number of hydrogen-bond donors (Lipinski definition) is 0. The highest BCUT2D eigenvalue weighted by molar-refractivity contribution is 9.11. The Morgan fingerprint density at radius 2 is 1.21 bits per heavy atom. The van der Waals surface area contributed by atoms with E-state index in [0.717, 1.165) is 8.95 Å². The van der Waals surface area contributed by atoms with E-state index in [1.54, 1.807) is 12.1 Å². The summed E-state index contributed by atoms with van der Waals surface area (Å²) in [7, 11) is 0. The second kappa shape index (κ2) is 6.59. The molecule has 0 fully saturated rings. The van der Waals surface area contributed by atoms with E-state index < -0.39 is 5.84 Å². The number of para-hydroxylation sites is 2. The molecule has 7 heteroatoms. The summed E-state index contributed by atoms with van der Waals surface area (Å²) in [6.45, 7) is 0. The minimum Gasteiger partial charge on any atom is -0.423 e. The molecule has 0 bridgehead atoms. The molecule has 0 spiro atoms. The van der Waals surface area contributed by atoms with Crippen LogP contribution in [0.15, 0.2) is 57.5 Å². The molecule has 19 heavy (non-hydrogen) atoms. The third kappa shape index (κ3) is 4.47. The summed E-state index contributed by atoms with van der Waals surface area (Å²) in [4.78, 5) is 0. The molecule has 0 amide bonds. The van der Waals surface area contributed by atoms with E-state index in [0.29, 0.717) is 11.5 Å². The largest absolute Gasteiger partial charge is 0.423 e. The molecule has 2 rings (SSSR count). The molecule has 0 aliphatic heterocycles. The van der Waals surface area contributed by atoms with E-state index in [1.165, 1.54) is 0 Å². The fourth-order valence-corrected chi connectivity index (χ4v) is 4.03. The van der Waals surface area contributed by atoms with Crippen LogP contribution in [0.2, 0.25) is 0 Å². The molecule has 0 saturated heterocycles. The van der Waals surface area contributed by atoms with Crippen molar-refractivity contribution >= 4 is 60.8 Å². The number of halogens is 3. The molecule has 0 heterocycles. The quantitative estimate of drug-likeness (QED) is 0.531. The standard InChI is InChI=1S/C12H8Br2ClO2PS/c13-9-5-1-3-7-11(9)16-18(15,19)17-12-8-4-2-6-10(12)14/h1-8H. The lowest BCUT2D eigenvalue weighted by Crippen LogP contribution is -1.96. The van der Waals surface area contributed by atoms with Gasteiger partial charge in [0.15, 0.2) is 0 Å². The first-order valence-corrected chi connectivity index (χ1v) is 10.3. The van der Waals surface area contributed by atoms with Crippen molar-refractivity contribution in [3.05, 3.63) is 57.5 Å². The molecule has 0 N–H and O–H groups in total. The normalized spacial score (nSPS) is 11.1. The van der Waals surface area contributed by atoms with Gasteiger partial charge in [0.05, 0.1) is 8.95 Å². The fraction of sp³-hybridized carbons (Fsp3) is 0. The molecule has 0 aliphatic carbocycles. The average molecular weight is 442 g/mol. The van der Waals surface area contributed by atoms with Gasteiger partial charge in [0.1, 0.15) is 11.5 Å². The van der Waals surface area contributed by atoms with Crippen molar-refractivity contribution in [3.63, 3.8) is 0 Å². The van der Waals surface area contributed by atoms with Gasteiger partial charge in [0.2, 0.25) is 0 Å². The van der Waals surface area contributed by atoms with Gasteiger partial charge >= 0.3 is 5.84 Å². The summed E-state index contributed by atoms with van der Waals surface area (Å²) in [6, 6.07) is 14.7. The Hall–Kier alpha value is -0.0600. The molecule has 0 aromatic heterocycles. The van der Waals surface area contributed by atoms with Gasteiger partial charge < -0.3 is 9.05 Å². The second-order valence-corrected chi connectivity index (χ2v) is 9.79. The van der Waals surface area contributed by atoms with Crippen LogP contribution >= 0.6 is 48.9 Å². The summed E-state index contributed by atoms with van der Waals surface area (Å²) in [6.07, 6.45) is 0. The topological polar surface area (TPSA) is 18.5 Å². The molecular formula is C12H8Br2ClO2PS. The van der Waals surface area contributed by atoms with Crippen molar-refractivity contribution in [1.82, 2.24) is 0 Å². The number of rotatable bonds is 4. The minimum atomic E-state index is -2.94. The van der Waals surface area contributed by atoms with Gasteiger partial charge in [-0.05, 0) is 67.4 Å². The van der Waals surface area contributed by atoms with Gasteiger partial charge in [-0.2, -0.15) is 0 Å². The van der Waals surface area contributed by atoms with Gasteiger partial charge in [-0.1, -0.05) is 24.3 Å². The third-order valence-electron chi connectivity index (χ3n) is 2.09. The Bertz CT molecular complexity index is 587. The Kier molecular flexibility index (Phi) is 5.32. The summed E-state index contributed by atoms with van der Waals surface area (Å²) < 4.78 is 12.7. The first kappa shape index (κ1) is 15.3. The summed E-state index contributed by atoms with van der Waals surface area (Å²) in [5.74, 6) is -1.82. The lowest BCUT2D eigenvalue weighted by Gasteiger charge is -2.18. The van der Waals surface area contributed by atoms with Crippen LogP contribution in [0.4, 0.5) is 0 Å². The molecule has 0 aliphatic rings. The lowest BCUT2D eigenvalue weighted by molar-refractivity contribution is 0.501. The molecular weight excluding hydrogens is 434 g/mol. The number of benzene rings is 2. The van der Waals surface area contributed by atoms with E-state index in [9.17, 15) is 0 Å². The second-order valence-electron chi connectivity index (χ2n) is 3.47.